The number of benzene rings is 3. The Hall–Kier alpha value is -2.89. The minimum atomic E-state index is -0.0852. The number of amides is 1. The Bertz CT molecular complexity index is 1170. The van der Waals surface area contributed by atoms with Crippen molar-refractivity contribution in [2.24, 2.45) is 0 Å². The van der Waals surface area contributed by atoms with Gasteiger partial charge in [0.25, 0.3) is 5.91 Å². The van der Waals surface area contributed by atoms with Crippen LogP contribution in [0.25, 0.3) is 6.08 Å². The van der Waals surface area contributed by atoms with E-state index in [2.05, 4.69) is 38.1 Å². The Balaban J connectivity index is 1.45. The van der Waals surface area contributed by atoms with Crippen molar-refractivity contribution >= 4 is 46.0 Å². The lowest BCUT2D eigenvalue weighted by atomic mass is 10.1. The fraction of sp³-hybridized carbons (Fsp3) is 0.154. The molecule has 1 heterocycles. The first-order chi connectivity index (χ1) is 14.9. The third kappa shape index (κ3) is 4.89. The van der Waals surface area contributed by atoms with Gasteiger partial charge in [0.15, 0.2) is 4.32 Å². The van der Waals surface area contributed by atoms with Crippen LogP contribution in [0.2, 0.25) is 0 Å². The van der Waals surface area contributed by atoms with E-state index in [0.717, 1.165) is 28.1 Å². The van der Waals surface area contributed by atoms with Crippen LogP contribution < -0.4 is 9.64 Å². The van der Waals surface area contributed by atoms with E-state index in [0.29, 0.717) is 15.8 Å². The average Bonchev–Trinajstić information content (AvgIpc) is 3.03. The Kier molecular flexibility index (Phi) is 6.25. The van der Waals surface area contributed by atoms with Gasteiger partial charge in [0.2, 0.25) is 0 Å². The standard InChI is InChI=1S/C26H23NO2S2/c1-17-4-7-21(8-5-17)16-29-23-12-9-20(10-13-23)15-24-25(28)27(26(30)31-24)22-11-6-18(2)19(3)14-22/h4-15H,16H2,1-3H3/b24-15-. The van der Waals surface area contributed by atoms with Crippen LogP contribution in [-0.4, -0.2) is 10.2 Å². The highest BCUT2D eigenvalue weighted by Gasteiger charge is 2.33. The fourth-order valence-electron chi connectivity index (χ4n) is 3.22. The van der Waals surface area contributed by atoms with Crippen molar-refractivity contribution in [3.05, 3.63) is 99.5 Å². The van der Waals surface area contributed by atoms with Crippen molar-refractivity contribution in [2.45, 2.75) is 27.4 Å². The summed E-state index contributed by atoms with van der Waals surface area (Å²) in [6, 6.07) is 22.0. The zero-order valence-electron chi connectivity index (χ0n) is 17.7. The number of thioether (sulfide) groups is 1. The first kappa shape index (κ1) is 21.3. The minimum Gasteiger partial charge on any atom is -0.489 e. The van der Waals surface area contributed by atoms with Crippen LogP contribution in [0, 0.1) is 20.8 Å². The zero-order chi connectivity index (χ0) is 22.0. The molecule has 4 rings (SSSR count). The van der Waals surface area contributed by atoms with Crippen molar-refractivity contribution < 1.29 is 9.53 Å². The van der Waals surface area contributed by atoms with E-state index in [1.54, 1.807) is 4.90 Å². The van der Waals surface area contributed by atoms with E-state index in [1.807, 2.05) is 55.5 Å². The lowest BCUT2D eigenvalue weighted by molar-refractivity contribution is -0.113. The summed E-state index contributed by atoms with van der Waals surface area (Å²) in [4.78, 5) is 15.2. The molecule has 0 spiro atoms. The van der Waals surface area contributed by atoms with Gasteiger partial charge in [0.1, 0.15) is 12.4 Å². The average molecular weight is 446 g/mol. The van der Waals surface area contributed by atoms with Gasteiger partial charge in [-0.05, 0) is 73.4 Å². The van der Waals surface area contributed by atoms with Crippen LogP contribution >= 0.6 is 24.0 Å². The lowest BCUT2D eigenvalue weighted by Crippen LogP contribution is -2.27. The fourth-order valence-corrected chi connectivity index (χ4v) is 4.52. The van der Waals surface area contributed by atoms with Gasteiger partial charge in [-0.3, -0.25) is 9.69 Å². The second-order valence-corrected chi connectivity index (χ2v) is 9.30. The molecule has 0 radical (unpaired) electrons. The Labute approximate surface area is 192 Å². The summed E-state index contributed by atoms with van der Waals surface area (Å²) in [5, 5.41) is 0. The number of thiocarbonyl (C=S) groups is 1. The molecule has 31 heavy (non-hydrogen) atoms. The molecule has 0 bridgehead atoms. The number of anilines is 1. The molecule has 3 nitrogen and oxygen atoms in total. The molecule has 1 fully saturated rings. The van der Waals surface area contributed by atoms with Gasteiger partial charge in [-0.25, -0.2) is 0 Å². The summed E-state index contributed by atoms with van der Waals surface area (Å²) < 4.78 is 6.42. The maximum atomic E-state index is 13.0. The molecule has 1 amide bonds. The predicted molar refractivity (Wildman–Crippen MR) is 134 cm³/mol. The van der Waals surface area contributed by atoms with Gasteiger partial charge in [-0.1, -0.05) is 72.0 Å². The highest BCUT2D eigenvalue weighted by atomic mass is 32.2. The smallest absolute Gasteiger partial charge is 0.270 e. The molecule has 1 aliphatic heterocycles. The first-order valence-electron chi connectivity index (χ1n) is 10.0. The minimum absolute atomic E-state index is 0.0852. The molecule has 0 unspecified atom stereocenters. The van der Waals surface area contributed by atoms with Gasteiger partial charge < -0.3 is 4.74 Å². The molecule has 156 valence electrons. The van der Waals surface area contributed by atoms with Crippen LogP contribution in [0.5, 0.6) is 5.75 Å². The van der Waals surface area contributed by atoms with Crippen molar-refractivity contribution in [3.8, 4) is 5.75 Å². The predicted octanol–water partition coefficient (Wildman–Crippen LogP) is 6.60. The molecule has 0 atom stereocenters. The van der Waals surface area contributed by atoms with Crippen molar-refractivity contribution in [2.75, 3.05) is 4.90 Å². The van der Waals surface area contributed by atoms with E-state index in [-0.39, 0.29) is 5.91 Å². The number of ether oxygens (including phenoxy) is 1. The Morgan fingerprint density at radius 2 is 1.65 bits per heavy atom. The second-order valence-electron chi connectivity index (χ2n) is 7.63. The van der Waals surface area contributed by atoms with Gasteiger partial charge in [-0.15, -0.1) is 0 Å². The van der Waals surface area contributed by atoms with Crippen LogP contribution in [0.15, 0.2) is 71.6 Å². The molecule has 0 aromatic heterocycles. The van der Waals surface area contributed by atoms with Crippen LogP contribution in [0.3, 0.4) is 0 Å². The second kappa shape index (κ2) is 9.08. The molecule has 0 saturated carbocycles. The third-order valence-electron chi connectivity index (χ3n) is 5.25. The van der Waals surface area contributed by atoms with E-state index in [1.165, 1.54) is 22.9 Å². The highest BCUT2D eigenvalue weighted by Crippen LogP contribution is 2.36. The maximum absolute atomic E-state index is 13.0. The van der Waals surface area contributed by atoms with E-state index < -0.39 is 0 Å². The number of carbonyl (C=O) groups is 1. The quantitative estimate of drug-likeness (QED) is 0.327. The Morgan fingerprint density at radius 3 is 2.32 bits per heavy atom. The molecule has 0 N–H and O–H groups in total. The highest BCUT2D eigenvalue weighted by molar-refractivity contribution is 8.27. The molecule has 3 aromatic carbocycles. The van der Waals surface area contributed by atoms with Crippen molar-refractivity contribution in [1.29, 1.82) is 0 Å². The SMILES string of the molecule is Cc1ccc(COc2ccc(/C=C3\SC(=S)N(c4ccc(C)c(C)c4)C3=O)cc2)cc1. The maximum Gasteiger partial charge on any atom is 0.270 e. The van der Waals surface area contributed by atoms with Gasteiger partial charge >= 0.3 is 0 Å². The summed E-state index contributed by atoms with van der Waals surface area (Å²) in [6.45, 7) is 6.68. The van der Waals surface area contributed by atoms with Crippen molar-refractivity contribution in [3.63, 3.8) is 0 Å². The van der Waals surface area contributed by atoms with Crippen LogP contribution in [0.4, 0.5) is 5.69 Å². The van der Waals surface area contributed by atoms with Crippen molar-refractivity contribution in [1.82, 2.24) is 0 Å². The molecule has 1 saturated heterocycles. The van der Waals surface area contributed by atoms with Gasteiger partial charge in [-0.2, -0.15) is 0 Å². The summed E-state index contributed by atoms with van der Waals surface area (Å²) in [5.41, 5.74) is 6.43. The van der Waals surface area contributed by atoms with Gasteiger partial charge in [0, 0.05) is 0 Å². The topological polar surface area (TPSA) is 29.5 Å². The number of rotatable bonds is 5. The summed E-state index contributed by atoms with van der Waals surface area (Å²) in [7, 11) is 0. The van der Waals surface area contributed by atoms with E-state index in [9.17, 15) is 4.79 Å². The van der Waals surface area contributed by atoms with E-state index >= 15 is 0 Å². The Morgan fingerprint density at radius 1 is 0.935 bits per heavy atom. The van der Waals surface area contributed by atoms with Crippen LogP contribution in [-0.2, 0) is 11.4 Å². The third-order valence-corrected chi connectivity index (χ3v) is 6.55. The number of carbonyl (C=O) groups excluding carboxylic acids is 1. The molecule has 0 aliphatic carbocycles. The summed E-state index contributed by atoms with van der Waals surface area (Å²) in [6.07, 6.45) is 1.88. The van der Waals surface area contributed by atoms with Gasteiger partial charge in [0.05, 0.1) is 10.6 Å². The number of hydrogen-bond acceptors (Lipinski definition) is 4. The first-order valence-corrected chi connectivity index (χ1v) is 11.3. The summed E-state index contributed by atoms with van der Waals surface area (Å²) >= 11 is 6.82. The monoisotopic (exact) mass is 445 g/mol. The number of nitrogens with zero attached hydrogens (tertiary/aromatic N) is 1. The zero-order valence-corrected chi connectivity index (χ0v) is 19.3. The molecular formula is C26H23NO2S2. The number of hydrogen-bond donors (Lipinski definition) is 0. The summed E-state index contributed by atoms with van der Waals surface area (Å²) in [5.74, 6) is 0.707. The number of aryl methyl sites for hydroxylation is 3. The van der Waals surface area contributed by atoms with E-state index in [4.69, 9.17) is 17.0 Å². The molecule has 1 aliphatic rings. The molecule has 5 heteroatoms. The van der Waals surface area contributed by atoms with Crippen LogP contribution in [0.1, 0.15) is 27.8 Å². The lowest BCUT2D eigenvalue weighted by Gasteiger charge is -2.15. The molecule has 3 aromatic rings. The molecular weight excluding hydrogens is 422 g/mol. The normalized spacial score (nSPS) is 15.1. The largest absolute Gasteiger partial charge is 0.489 e.